The SMILES string of the molecule is Cc1cc([N+](=O)[O-])cc(C(=O)NC2CCS(=O)CC2)c1F. The second kappa shape index (κ2) is 6.30. The molecule has 1 saturated heterocycles. The van der Waals surface area contributed by atoms with Crippen molar-refractivity contribution in [2.75, 3.05) is 11.5 Å². The molecule has 1 N–H and O–H groups in total. The van der Waals surface area contributed by atoms with E-state index in [1.165, 1.54) is 6.92 Å². The minimum atomic E-state index is -0.853. The van der Waals surface area contributed by atoms with Gasteiger partial charge >= 0.3 is 0 Å². The van der Waals surface area contributed by atoms with E-state index in [4.69, 9.17) is 0 Å². The van der Waals surface area contributed by atoms with Crippen LogP contribution >= 0.6 is 0 Å². The molecule has 0 spiro atoms. The highest BCUT2D eigenvalue weighted by Crippen LogP contribution is 2.21. The first kappa shape index (κ1) is 15.6. The number of carbonyl (C=O) groups is 1. The molecule has 114 valence electrons. The molecule has 1 aliphatic heterocycles. The van der Waals surface area contributed by atoms with Crippen LogP contribution in [0.15, 0.2) is 12.1 Å². The van der Waals surface area contributed by atoms with Gasteiger partial charge in [0.25, 0.3) is 11.6 Å². The van der Waals surface area contributed by atoms with Crippen molar-refractivity contribution in [3.8, 4) is 0 Å². The van der Waals surface area contributed by atoms with Crippen LogP contribution in [0.3, 0.4) is 0 Å². The molecular formula is C13H15FN2O4S. The van der Waals surface area contributed by atoms with Crippen LogP contribution in [0.25, 0.3) is 0 Å². The van der Waals surface area contributed by atoms with Crippen molar-refractivity contribution in [1.82, 2.24) is 5.32 Å². The van der Waals surface area contributed by atoms with Crippen molar-refractivity contribution >= 4 is 22.4 Å². The zero-order valence-electron chi connectivity index (χ0n) is 11.4. The van der Waals surface area contributed by atoms with Crippen LogP contribution in [0.1, 0.15) is 28.8 Å². The zero-order chi connectivity index (χ0) is 15.6. The predicted octanol–water partition coefficient (Wildman–Crippen LogP) is 1.68. The Labute approximate surface area is 123 Å². The molecule has 1 amide bonds. The van der Waals surface area contributed by atoms with Gasteiger partial charge in [0.15, 0.2) is 0 Å². The lowest BCUT2D eigenvalue weighted by molar-refractivity contribution is -0.385. The van der Waals surface area contributed by atoms with Crippen LogP contribution in [-0.4, -0.2) is 32.6 Å². The van der Waals surface area contributed by atoms with Gasteiger partial charge in [-0.3, -0.25) is 19.1 Å². The number of carbonyl (C=O) groups excluding carboxylic acids is 1. The third-order valence-electron chi connectivity index (χ3n) is 3.42. The Morgan fingerprint density at radius 1 is 1.43 bits per heavy atom. The summed E-state index contributed by atoms with van der Waals surface area (Å²) in [4.78, 5) is 22.2. The normalized spacial score (nSPS) is 21.8. The monoisotopic (exact) mass is 314 g/mol. The first-order valence-corrected chi connectivity index (χ1v) is 7.97. The number of halogens is 1. The van der Waals surface area contributed by atoms with E-state index < -0.39 is 27.4 Å². The molecular weight excluding hydrogens is 299 g/mol. The summed E-state index contributed by atoms with van der Waals surface area (Å²) in [5.41, 5.74) is -0.587. The van der Waals surface area contributed by atoms with Gasteiger partial charge < -0.3 is 5.32 Å². The number of hydrogen-bond acceptors (Lipinski definition) is 4. The minimum absolute atomic E-state index is 0.0547. The molecule has 8 heteroatoms. The van der Waals surface area contributed by atoms with Gasteiger partial charge in [0.2, 0.25) is 0 Å². The third-order valence-corrected chi connectivity index (χ3v) is 4.80. The lowest BCUT2D eigenvalue weighted by Gasteiger charge is -2.22. The van der Waals surface area contributed by atoms with E-state index in [-0.39, 0.29) is 22.9 Å². The van der Waals surface area contributed by atoms with Crippen molar-refractivity contribution in [3.05, 3.63) is 39.2 Å². The molecule has 1 fully saturated rings. The highest BCUT2D eigenvalue weighted by atomic mass is 32.2. The van der Waals surface area contributed by atoms with Gasteiger partial charge in [-0.15, -0.1) is 0 Å². The molecule has 1 heterocycles. The Hall–Kier alpha value is -1.83. The molecule has 0 atom stereocenters. The van der Waals surface area contributed by atoms with E-state index in [0.717, 1.165) is 12.1 Å². The summed E-state index contributed by atoms with van der Waals surface area (Å²) in [7, 11) is -0.853. The van der Waals surface area contributed by atoms with Crippen molar-refractivity contribution < 1.29 is 18.3 Å². The predicted molar refractivity (Wildman–Crippen MR) is 76.2 cm³/mol. The maximum absolute atomic E-state index is 14.0. The van der Waals surface area contributed by atoms with Crippen molar-refractivity contribution in [3.63, 3.8) is 0 Å². The number of nitro groups is 1. The third kappa shape index (κ3) is 3.63. The summed E-state index contributed by atoms with van der Waals surface area (Å²) in [6, 6.07) is 1.86. The van der Waals surface area contributed by atoms with Crippen molar-refractivity contribution in [1.29, 1.82) is 0 Å². The molecule has 1 aliphatic rings. The van der Waals surface area contributed by atoms with E-state index >= 15 is 0 Å². The zero-order valence-corrected chi connectivity index (χ0v) is 12.2. The molecule has 2 rings (SSSR count). The highest BCUT2D eigenvalue weighted by molar-refractivity contribution is 7.85. The average molecular weight is 314 g/mol. The summed E-state index contributed by atoms with van der Waals surface area (Å²) in [5.74, 6) is -0.419. The second-order valence-corrected chi connectivity index (χ2v) is 6.67. The number of hydrogen-bond donors (Lipinski definition) is 1. The molecule has 0 aliphatic carbocycles. The Morgan fingerprint density at radius 2 is 2.05 bits per heavy atom. The van der Waals surface area contributed by atoms with Gasteiger partial charge in [0.1, 0.15) is 5.82 Å². The number of nitro benzene ring substituents is 1. The number of non-ortho nitro benzene ring substituents is 1. The number of nitrogens with one attached hydrogen (secondary N) is 1. The van der Waals surface area contributed by atoms with E-state index in [0.29, 0.717) is 24.3 Å². The molecule has 6 nitrogen and oxygen atoms in total. The molecule has 0 aromatic heterocycles. The van der Waals surface area contributed by atoms with E-state index in [1.807, 2.05) is 0 Å². The quantitative estimate of drug-likeness (QED) is 0.679. The van der Waals surface area contributed by atoms with Crippen LogP contribution < -0.4 is 5.32 Å². The lowest BCUT2D eigenvalue weighted by Crippen LogP contribution is -2.39. The lowest BCUT2D eigenvalue weighted by atomic mass is 10.1. The molecule has 0 unspecified atom stereocenters. The van der Waals surface area contributed by atoms with Crippen LogP contribution in [0.5, 0.6) is 0 Å². The summed E-state index contributed by atoms with van der Waals surface area (Å²) in [6.07, 6.45) is 1.13. The van der Waals surface area contributed by atoms with Gasteiger partial charge in [-0.05, 0) is 25.3 Å². The summed E-state index contributed by atoms with van der Waals surface area (Å²) in [5, 5.41) is 13.4. The maximum Gasteiger partial charge on any atom is 0.270 e. The number of aryl methyl sites for hydroxylation is 1. The Balaban J connectivity index is 2.18. The molecule has 21 heavy (non-hydrogen) atoms. The number of benzene rings is 1. The Morgan fingerprint density at radius 3 is 2.62 bits per heavy atom. The first-order valence-electron chi connectivity index (χ1n) is 6.49. The Kier molecular flexibility index (Phi) is 4.66. The second-order valence-electron chi connectivity index (χ2n) is 4.98. The topological polar surface area (TPSA) is 89.3 Å². The standard InChI is InChI=1S/C13H15FN2O4S/c1-8-6-10(16(18)19)7-11(12(8)14)13(17)15-9-2-4-21(20)5-3-9/h6-7,9H,2-5H2,1H3,(H,15,17). The van der Waals surface area contributed by atoms with Gasteiger partial charge in [0, 0.05) is 40.5 Å². The van der Waals surface area contributed by atoms with Crippen LogP contribution in [0, 0.1) is 22.9 Å². The van der Waals surface area contributed by atoms with Gasteiger partial charge in [0.05, 0.1) is 10.5 Å². The van der Waals surface area contributed by atoms with Gasteiger partial charge in [-0.2, -0.15) is 0 Å². The molecule has 0 bridgehead atoms. The average Bonchev–Trinajstić information content (AvgIpc) is 2.43. The van der Waals surface area contributed by atoms with E-state index in [9.17, 15) is 23.5 Å². The van der Waals surface area contributed by atoms with Crippen LogP contribution in [0.2, 0.25) is 0 Å². The smallest absolute Gasteiger partial charge is 0.270 e. The molecule has 0 radical (unpaired) electrons. The fraction of sp³-hybridized carbons (Fsp3) is 0.462. The van der Waals surface area contributed by atoms with Crippen molar-refractivity contribution in [2.24, 2.45) is 0 Å². The highest BCUT2D eigenvalue weighted by Gasteiger charge is 2.24. The van der Waals surface area contributed by atoms with Gasteiger partial charge in [-0.25, -0.2) is 4.39 Å². The fourth-order valence-electron chi connectivity index (χ4n) is 2.22. The van der Waals surface area contributed by atoms with E-state index in [1.54, 1.807) is 0 Å². The van der Waals surface area contributed by atoms with Gasteiger partial charge in [-0.1, -0.05) is 0 Å². The molecule has 1 aromatic rings. The summed E-state index contributed by atoms with van der Waals surface area (Å²) < 4.78 is 25.2. The minimum Gasteiger partial charge on any atom is -0.349 e. The molecule has 1 aromatic carbocycles. The molecule has 0 saturated carbocycles. The summed E-state index contributed by atoms with van der Waals surface area (Å²) in [6.45, 7) is 1.38. The Bertz CT molecular complexity index is 610. The van der Waals surface area contributed by atoms with Crippen LogP contribution in [0.4, 0.5) is 10.1 Å². The largest absolute Gasteiger partial charge is 0.349 e. The number of nitrogens with zero attached hydrogens (tertiary/aromatic N) is 1. The number of rotatable bonds is 3. The fourth-order valence-corrected chi connectivity index (χ4v) is 3.52. The van der Waals surface area contributed by atoms with Crippen molar-refractivity contribution in [2.45, 2.75) is 25.8 Å². The summed E-state index contributed by atoms with van der Waals surface area (Å²) >= 11 is 0. The van der Waals surface area contributed by atoms with E-state index in [2.05, 4.69) is 5.32 Å². The van der Waals surface area contributed by atoms with Crippen LogP contribution in [-0.2, 0) is 10.8 Å². The number of amides is 1. The first-order chi connectivity index (χ1) is 9.88. The maximum atomic E-state index is 14.0.